The first-order valence-electron chi connectivity index (χ1n) is 6.28. The molecule has 1 unspecified atom stereocenters. The number of ether oxygens (including phenoxy) is 3. The van der Waals surface area contributed by atoms with E-state index in [9.17, 15) is 14.9 Å². The summed E-state index contributed by atoms with van der Waals surface area (Å²) in [5.41, 5.74) is 0.552. The number of hydrogen-bond acceptors (Lipinski definition) is 6. The van der Waals surface area contributed by atoms with E-state index in [1.54, 1.807) is 31.4 Å². The van der Waals surface area contributed by atoms with Crippen LogP contribution in [0.3, 0.4) is 0 Å². The third-order valence-electron chi connectivity index (χ3n) is 2.86. The Labute approximate surface area is 126 Å². The van der Waals surface area contributed by atoms with E-state index >= 15 is 0 Å². The summed E-state index contributed by atoms with van der Waals surface area (Å²) in [5, 5.41) is 10.6. The predicted molar refractivity (Wildman–Crippen MR) is 76.6 cm³/mol. The van der Waals surface area contributed by atoms with Gasteiger partial charge < -0.3 is 14.2 Å². The molecule has 0 amide bonds. The number of non-ortho nitro benzene ring substituents is 1. The van der Waals surface area contributed by atoms with Crippen LogP contribution in [0.2, 0.25) is 0 Å². The number of methoxy groups -OCH3 is 1. The molecule has 0 aliphatic rings. The van der Waals surface area contributed by atoms with Crippen LogP contribution in [0.5, 0.6) is 11.5 Å². The summed E-state index contributed by atoms with van der Waals surface area (Å²) in [7, 11) is 1.54. The van der Waals surface area contributed by atoms with Crippen LogP contribution >= 0.6 is 0 Å². The second kappa shape index (κ2) is 7.07. The van der Waals surface area contributed by atoms with Crippen LogP contribution in [0, 0.1) is 10.1 Å². The molecule has 0 aliphatic heterocycles. The summed E-state index contributed by atoms with van der Waals surface area (Å²) in [5.74, 6) is 0.997. The molecular formula is C15H13NO6. The van der Waals surface area contributed by atoms with Gasteiger partial charge in [0.1, 0.15) is 11.5 Å². The number of rotatable bonds is 7. The molecular weight excluding hydrogens is 290 g/mol. The van der Waals surface area contributed by atoms with Gasteiger partial charge in [0.05, 0.1) is 12.0 Å². The molecule has 0 radical (unpaired) electrons. The minimum Gasteiger partial charge on any atom is -0.497 e. The monoisotopic (exact) mass is 303 g/mol. The molecule has 22 heavy (non-hydrogen) atoms. The summed E-state index contributed by atoms with van der Waals surface area (Å²) >= 11 is 0. The lowest BCUT2D eigenvalue weighted by Crippen LogP contribution is -2.11. The van der Waals surface area contributed by atoms with Crippen LogP contribution in [-0.2, 0) is 9.53 Å². The van der Waals surface area contributed by atoms with E-state index in [0.717, 1.165) is 0 Å². The normalized spacial score (nSPS) is 11.3. The smallest absolute Gasteiger partial charge is 0.296 e. The van der Waals surface area contributed by atoms with Crippen molar-refractivity contribution in [3.05, 3.63) is 64.2 Å². The van der Waals surface area contributed by atoms with Crippen LogP contribution in [0.25, 0.3) is 0 Å². The average Bonchev–Trinajstić information content (AvgIpc) is 2.55. The van der Waals surface area contributed by atoms with Crippen LogP contribution in [-0.4, -0.2) is 18.5 Å². The molecule has 0 N–H and O–H groups in total. The number of nitro benzene ring substituents is 1. The highest BCUT2D eigenvalue weighted by Crippen LogP contribution is 2.26. The summed E-state index contributed by atoms with van der Waals surface area (Å²) in [6.07, 6.45) is -0.954. The third-order valence-corrected chi connectivity index (χ3v) is 2.86. The second-order valence-electron chi connectivity index (χ2n) is 4.21. The molecule has 7 nitrogen and oxygen atoms in total. The zero-order valence-electron chi connectivity index (χ0n) is 11.7. The standard InChI is InChI=1S/C15H13NO6/c1-20-13-6-2-11(3-7-13)15(21-10-17)22-14-8-4-12(5-9-14)16(18)19/h2-10,15H,1H3. The lowest BCUT2D eigenvalue weighted by molar-refractivity contribution is -0.384. The molecule has 0 heterocycles. The van der Waals surface area contributed by atoms with Crippen molar-refractivity contribution in [2.45, 2.75) is 6.29 Å². The summed E-state index contributed by atoms with van der Waals surface area (Å²) in [6, 6.07) is 12.3. The van der Waals surface area contributed by atoms with Crippen molar-refractivity contribution in [2.75, 3.05) is 7.11 Å². The van der Waals surface area contributed by atoms with E-state index in [1.165, 1.54) is 24.3 Å². The minimum absolute atomic E-state index is 0.0512. The van der Waals surface area contributed by atoms with Crippen molar-refractivity contribution < 1.29 is 23.9 Å². The van der Waals surface area contributed by atoms with Gasteiger partial charge in [-0.3, -0.25) is 14.9 Å². The third kappa shape index (κ3) is 3.72. The van der Waals surface area contributed by atoms with Crippen LogP contribution in [0.1, 0.15) is 11.9 Å². The predicted octanol–water partition coefficient (Wildman–Crippen LogP) is 2.85. The average molecular weight is 303 g/mol. The van der Waals surface area contributed by atoms with Crippen LogP contribution < -0.4 is 9.47 Å². The Bertz CT molecular complexity index is 638. The molecule has 7 heteroatoms. The zero-order valence-corrected chi connectivity index (χ0v) is 11.7. The van der Waals surface area contributed by atoms with E-state index < -0.39 is 11.2 Å². The molecule has 2 aromatic rings. The number of carbonyl (C=O) groups is 1. The summed E-state index contributed by atoms with van der Waals surface area (Å²) < 4.78 is 15.5. The molecule has 2 rings (SSSR count). The zero-order chi connectivity index (χ0) is 15.9. The maximum Gasteiger partial charge on any atom is 0.296 e. The number of nitrogens with zero attached hydrogens (tertiary/aromatic N) is 1. The van der Waals surface area contributed by atoms with Gasteiger partial charge in [-0.05, 0) is 36.4 Å². The highest BCUT2D eigenvalue weighted by molar-refractivity contribution is 5.40. The largest absolute Gasteiger partial charge is 0.497 e. The fraction of sp³-hybridized carbons (Fsp3) is 0.133. The molecule has 0 saturated heterocycles. The lowest BCUT2D eigenvalue weighted by atomic mass is 10.2. The maximum atomic E-state index is 10.6. The van der Waals surface area contributed by atoms with Crippen molar-refractivity contribution in [1.29, 1.82) is 0 Å². The van der Waals surface area contributed by atoms with Crippen molar-refractivity contribution in [3.63, 3.8) is 0 Å². The fourth-order valence-corrected chi connectivity index (χ4v) is 1.76. The van der Waals surface area contributed by atoms with E-state index in [4.69, 9.17) is 14.2 Å². The van der Waals surface area contributed by atoms with Gasteiger partial charge >= 0.3 is 0 Å². The Kier molecular flexibility index (Phi) is 4.92. The number of carbonyl (C=O) groups excluding carboxylic acids is 1. The van der Waals surface area contributed by atoms with Gasteiger partial charge in [0.2, 0.25) is 0 Å². The van der Waals surface area contributed by atoms with E-state index in [2.05, 4.69) is 0 Å². The molecule has 0 fully saturated rings. The van der Waals surface area contributed by atoms with Gasteiger partial charge in [0, 0.05) is 17.7 Å². The van der Waals surface area contributed by atoms with Gasteiger partial charge in [-0.25, -0.2) is 0 Å². The summed E-state index contributed by atoms with van der Waals surface area (Å²) in [6.45, 7) is 0.278. The van der Waals surface area contributed by atoms with Gasteiger partial charge in [0.25, 0.3) is 18.4 Å². The van der Waals surface area contributed by atoms with E-state index in [1.807, 2.05) is 0 Å². The van der Waals surface area contributed by atoms with Crippen molar-refractivity contribution in [2.24, 2.45) is 0 Å². The number of hydrogen-bond donors (Lipinski definition) is 0. The molecule has 0 spiro atoms. The molecule has 0 aromatic heterocycles. The van der Waals surface area contributed by atoms with Crippen molar-refractivity contribution in [3.8, 4) is 11.5 Å². The first-order chi connectivity index (χ1) is 10.6. The Morgan fingerprint density at radius 2 is 1.64 bits per heavy atom. The van der Waals surface area contributed by atoms with E-state index in [-0.39, 0.29) is 12.2 Å². The Balaban J connectivity index is 2.16. The van der Waals surface area contributed by atoms with Gasteiger partial charge in [-0.1, -0.05) is 0 Å². The SMILES string of the molecule is COc1ccc(C(OC=O)Oc2ccc([N+](=O)[O-])cc2)cc1. The lowest BCUT2D eigenvalue weighted by Gasteiger charge is -2.17. The highest BCUT2D eigenvalue weighted by atomic mass is 16.7. The molecule has 0 aliphatic carbocycles. The Morgan fingerprint density at radius 1 is 1.05 bits per heavy atom. The quantitative estimate of drug-likeness (QED) is 0.338. The molecule has 0 bridgehead atoms. The number of benzene rings is 2. The van der Waals surface area contributed by atoms with Crippen molar-refractivity contribution in [1.82, 2.24) is 0 Å². The van der Waals surface area contributed by atoms with E-state index in [0.29, 0.717) is 17.1 Å². The highest BCUT2D eigenvalue weighted by Gasteiger charge is 2.15. The maximum absolute atomic E-state index is 10.6. The fourth-order valence-electron chi connectivity index (χ4n) is 1.76. The van der Waals surface area contributed by atoms with Crippen LogP contribution in [0.4, 0.5) is 5.69 Å². The molecule has 2 aromatic carbocycles. The molecule has 1 atom stereocenters. The molecule has 114 valence electrons. The first-order valence-corrected chi connectivity index (χ1v) is 6.28. The first kappa shape index (κ1) is 15.3. The minimum atomic E-state index is -0.954. The number of nitro groups is 1. The Morgan fingerprint density at radius 3 is 2.14 bits per heavy atom. The second-order valence-corrected chi connectivity index (χ2v) is 4.21. The summed E-state index contributed by atoms with van der Waals surface area (Å²) in [4.78, 5) is 20.7. The van der Waals surface area contributed by atoms with Gasteiger partial charge in [-0.2, -0.15) is 0 Å². The van der Waals surface area contributed by atoms with Gasteiger partial charge in [0.15, 0.2) is 0 Å². The van der Waals surface area contributed by atoms with Crippen molar-refractivity contribution >= 4 is 12.2 Å². The molecule has 0 saturated carbocycles. The topological polar surface area (TPSA) is 87.9 Å². The Hall–Kier alpha value is -3.09. The van der Waals surface area contributed by atoms with Crippen LogP contribution in [0.15, 0.2) is 48.5 Å². The van der Waals surface area contributed by atoms with Gasteiger partial charge in [-0.15, -0.1) is 0 Å².